The van der Waals surface area contributed by atoms with Crippen molar-refractivity contribution in [1.82, 2.24) is 25.0 Å². The monoisotopic (exact) mass is 376 g/mol. The van der Waals surface area contributed by atoms with Crippen molar-refractivity contribution in [2.75, 3.05) is 12.4 Å². The quantitative estimate of drug-likeness (QED) is 0.329. The van der Waals surface area contributed by atoms with Gasteiger partial charge in [0.2, 0.25) is 11.2 Å². The molecule has 0 aliphatic heterocycles. The maximum Gasteiger partial charge on any atom is 0.243 e. The van der Waals surface area contributed by atoms with E-state index in [2.05, 4.69) is 20.3 Å². The van der Waals surface area contributed by atoms with E-state index in [9.17, 15) is 4.79 Å². The Kier molecular flexibility index (Phi) is 5.49. The van der Waals surface area contributed by atoms with Crippen molar-refractivity contribution in [3.05, 3.63) is 35.9 Å². The second kappa shape index (κ2) is 7.98. The Bertz CT molecular complexity index is 912. The molecule has 3 aromatic rings. The number of carbonyl (C=O) groups is 1. The third kappa shape index (κ3) is 4.01. The summed E-state index contributed by atoms with van der Waals surface area (Å²) in [6, 6.07) is 7.36. The minimum absolute atomic E-state index is 0.0864. The summed E-state index contributed by atoms with van der Waals surface area (Å²) in [5.74, 6) is 0.790. The summed E-state index contributed by atoms with van der Waals surface area (Å²) in [4.78, 5) is 23.9. The molecule has 3 rings (SSSR count). The van der Waals surface area contributed by atoms with E-state index in [-0.39, 0.29) is 11.7 Å². The molecule has 136 valence electrons. The average Bonchev–Trinajstić information content (AvgIpc) is 3.05. The zero-order valence-electron chi connectivity index (χ0n) is 13.9. The molecule has 9 nitrogen and oxygen atoms in total. The maximum atomic E-state index is 11.1. The van der Waals surface area contributed by atoms with Crippen LogP contribution in [-0.4, -0.2) is 37.7 Å². The van der Waals surface area contributed by atoms with Crippen LogP contribution in [0.25, 0.3) is 11.2 Å². The summed E-state index contributed by atoms with van der Waals surface area (Å²) in [6.45, 7) is 0.499. The first-order valence-corrected chi connectivity index (χ1v) is 8.21. The molecular formula is C16H17ClN6O3. The van der Waals surface area contributed by atoms with E-state index >= 15 is 0 Å². The van der Waals surface area contributed by atoms with E-state index < -0.39 is 5.91 Å². The summed E-state index contributed by atoms with van der Waals surface area (Å²) in [7, 11) is 1.60. The number of hydroxylamine groups is 1. The van der Waals surface area contributed by atoms with Gasteiger partial charge < -0.3 is 14.6 Å². The van der Waals surface area contributed by atoms with E-state index in [1.165, 1.54) is 0 Å². The summed E-state index contributed by atoms with van der Waals surface area (Å²) in [5.41, 5.74) is 3.54. The first-order chi connectivity index (χ1) is 12.6. The van der Waals surface area contributed by atoms with Crippen LogP contribution in [-0.2, 0) is 11.3 Å². The van der Waals surface area contributed by atoms with Crippen molar-refractivity contribution in [3.8, 4) is 5.75 Å². The van der Waals surface area contributed by atoms with Crippen molar-refractivity contribution < 1.29 is 14.7 Å². The van der Waals surface area contributed by atoms with Crippen molar-refractivity contribution >= 4 is 40.2 Å². The Labute approximate surface area is 153 Å². The molecule has 0 atom stereocenters. The number of fused-ring (bicyclic) bond motifs is 1. The van der Waals surface area contributed by atoms with Gasteiger partial charge in [-0.25, -0.2) is 10.5 Å². The van der Waals surface area contributed by atoms with E-state index in [1.54, 1.807) is 23.5 Å². The highest BCUT2D eigenvalue weighted by atomic mass is 35.5. The SMILES string of the molecule is COc1ccc(Nc2nc(Cl)nc3c2ncn3CCCC(=O)NO)cc1. The van der Waals surface area contributed by atoms with Crippen LogP contribution in [0.1, 0.15) is 12.8 Å². The molecule has 0 saturated heterocycles. The third-order valence-electron chi connectivity index (χ3n) is 3.72. The third-order valence-corrected chi connectivity index (χ3v) is 3.89. The molecule has 1 aromatic carbocycles. The standard InChI is InChI=1S/C16H17ClN6O3/c1-26-11-6-4-10(5-7-11)19-14-13-15(21-16(17)20-14)23(9-18-13)8-2-3-12(24)22-25/h4-7,9,25H,2-3,8H2,1H3,(H,22,24)(H,19,20,21). The number of hydrogen-bond donors (Lipinski definition) is 3. The van der Waals surface area contributed by atoms with Crippen LogP contribution in [0, 0.1) is 0 Å². The number of carbonyl (C=O) groups excluding carboxylic acids is 1. The lowest BCUT2D eigenvalue weighted by Crippen LogP contribution is -2.18. The highest BCUT2D eigenvalue weighted by Crippen LogP contribution is 2.25. The van der Waals surface area contributed by atoms with E-state index in [4.69, 9.17) is 21.5 Å². The molecule has 0 aliphatic carbocycles. The number of nitrogens with zero attached hydrogens (tertiary/aromatic N) is 4. The maximum absolute atomic E-state index is 11.1. The summed E-state index contributed by atoms with van der Waals surface area (Å²) in [5, 5.41) is 11.8. The molecule has 2 heterocycles. The number of halogens is 1. The van der Waals surface area contributed by atoms with Gasteiger partial charge in [-0.1, -0.05) is 0 Å². The predicted molar refractivity (Wildman–Crippen MR) is 95.8 cm³/mol. The van der Waals surface area contributed by atoms with Crippen molar-refractivity contribution in [3.63, 3.8) is 0 Å². The second-order valence-electron chi connectivity index (χ2n) is 5.44. The van der Waals surface area contributed by atoms with Crippen LogP contribution >= 0.6 is 11.6 Å². The minimum Gasteiger partial charge on any atom is -0.497 e. The van der Waals surface area contributed by atoms with Crippen molar-refractivity contribution in [1.29, 1.82) is 0 Å². The Morgan fingerprint density at radius 2 is 2.08 bits per heavy atom. The van der Waals surface area contributed by atoms with Crippen molar-refractivity contribution in [2.45, 2.75) is 19.4 Å². The molecule has 3 N–H and O–H groups in total. The molecule has 0 fully saturated rings. The molecular weight excluding hydrogens is 360 g/mol. The van der Waals surface area contributed by atoms with Gasteiger partial charge in [0.25, 0.3) is 0 Å². The Balaban J connectivity index is 1.83. The number of aromatic nitrogens is 4. The number of benzene rings is 1. The van der Waals surface area contributed by atoms with Gasteiger partial charge in [0.1, 0.15) is 5.75 Å². The number of amides is 1. The lowest BCUT2D eigenvalue weighted by atomic mass is 10.3. The van der Waals surface area contributed by atoms with Crippen LogP contribution in [0.5, 0.6) is 5.75 Å². The van der Waals surface area contributed by atoms with E-state index in [0.29, 0.717) is 29.9 Å². The normalized spacial score (nSPS) is 10.7. The highest BCUT2D eigenvalue weighted by molar-refractivity contribution is 6.28. The Hall–Kier alpha value is -2.91. The topological polar surface area (TPSA) is 114 Å². The molecule has 0 spiro atoms. The Morgan fingerprint density at radius 1 is 1.31 bits per heavy atom. The first kappa shape index (κ1) is 17.9. The number of hydrogen-bond acceptors (Lipinski definition) is 7. The molecule has 0 radical (unpaired) electrons. The second-order valence-corrected chi connectivity index (χ2v) is 5.78. The van der Waals surface area contributed by atoms with Gasteiger partial charge in [-0.15, -0.1) is 0 Å². The summed E-state index contributed by atoms with van der Waals surface area (Å²) >= 11 is 6.05. The zero-order valence-corrected chi connectivity index (χ0v) is 14.7. The lowest BCUT2D eigenvalue weighted by molar-refractivity contribution is -0.129. The number of imidazole rings is 1. The average molecular weight is 377 g/mol. The van der Waals surface area contributed by atoms with Crippen LogP contribution in [0.15, 0.2) is 30.6 Å². The molecule has 1 amide bonds. The zero-order chi connectivity index (χ0) is 18.5. The predicted octanol–water partition coefficient (Wildman–Crippen LogP) is 2.52. The number of anilines is 2. The van der Waals surface area contributed by atoms with Gasteiger partial charge in [-0.3, -0.25) is 10.0 Å². The van der Waals surface area contributed by atoms with E-state index in [0.717, 1.165) is 11.4 Å². The van der Waals surface area contributed by atoms with Gasteiger partial charge in [-0.05, 0) is 42.3 Å². The number of nitrogens with one attached hydrogen (secondary N) is 2. The van der Waals surface area contributed by atoms with Gasteiger partial charge in [0.05, 0.1) is 13.4 Å². The smallest absolute Gasteiger partial charge is 0.243 e. The number of aryl methyl sites for hydroxylation is 1. The number of rotatable bonds is 7. The van der Waals surface area contributed by atoms with Crippen LogP contribution in [0.2, 0.25) is 5.28 Å². The number of methoxy groups -OCH3 is 1. The fourth-order valence-electron chi connectivity index (χ4n) is 2.45. The highest BCUT2D eigenvalue weighted by Gasteiger charge is 2.13. The minimum atomic E-state index is -0.441. The molecule has 0 saturated carbocycles. The van der Waals surface area contributed by atoms with Crippen LogP contribution < -0.4 is 15.5 Å². The summed E-state index contributed by atoms with van der Waals surface area (Å²) < 4.78 is 6.92. The molecule has 10 heteroatoms. The van der Waals surface area contributed by atoms with Gasteiger partial charge >= 0.3 is 0 Å². The molecule has 2 aromatic heterocycles. The first-order valence-electron chi connectivity index (χ1n) is 7.83. The molecule has 26 heavy (non-hydrogen) atoms. The largest absolute Gasteiger partial charge is 0.497 e. The molecule has 0 aliphatic rings. The van der Waals surface area contributed by atoms with Gasteiger partial charge in [0.15, 0.2) is 17.0 Å². The lowest BCUT2D eigenvalue weighted by Gasteiger charge is -2.08. The van der Waals surface area contributed by atoms with Crippen LogP contribution in [0.4, 0.5) is 11.5 Å². The summed E-state index contributed by atoms with van der Waals surface area (Å²) in [6.07, 6.45) is 2.32. The fraction of sp³-hybridized carbons (Fsp3) is 0.250. The van der Waals surface area contributed by atoms with Gasteiger partial charge in [-0.2, -0.15) is 9.97 Å². The van der Waals surface area contributed by atoms with Gasteiger partial charge in [0, 0.05) is 18.7 Å². The van der Waals surface area contributed by atoms with E-state index in [1.807, 2.05) is 24.3 Å². The number of ether oxygens (including phenoxy) is 1. The van der Waals surface area contributed by atoms with Crippen molar-refractivity contribution in [2.24, 2.45) is 0 Å². The Morgan fingerprint density at radius 3 is 2.77 bits per heavy atom. The fourth-order valence-corrected chi connectivity index (χ4v) is 2.61. The van der Waals surface area contributed by atoms with Crippen LogP contribution in [0.3, 0.4) is 0 Å². The molecule has 0 unspecified atom stereocenters. The molecule has 0 bridgehead atoms.